The first kappa shape index (κ1) is 13.4. The summed E-state index contributed by atoms with van der Waals surface area (Å²) in [6.45, 7) is 0. The van der Waals surface area contributed by atoms with Gasteiger partial charge in [0.25, 0.3) is 0 Å². The van der Waals surface area contributed by atoms with Gasteiger partial charge in [-0.1, -0.05) is 0 Å². The van der Waals surface area contributed by atoms with Crippen LogP contribution in [0.4, 0.5) is 13.2 Å². The molecule has 4 nitrogen and oxygen atoms in total. The normalized spacial score (nSPS) is 13.5. The van der Waals surface area contributed by atoms with Crippen molar-refractivity contribution in [1.29, 1.82) is 0 Å². The minimum absolute atomic E-state index is 0.0844. The molecule has 1 unspecified atom stereocenters. The summed E-state index contributed by atoms with van der Waals surface area (Å²) in [6, 6.07) is 4.39. The molecule has 2 N–H and O–H groups in total. The summed E-state index contributed by atoms with van der Waals surface area (Å²) in [7, 11) is 1.11. The Morgan fingerprint density at radius 3 is 2.63 bits per heavy atom. The molecule has 0 radical (unpaired) electrons. The second-order valence-electron chi connectivity index (χ2n) is 3.95. The number of aromatic nitrogens is 1. The summed E-state index contributed by atoms with van der Waals surface area (Å²) in [4.78, 5) is 13.8. The molecule has 1 aromatic carbocycles. The second-order valence-corrected chi connectivity index (χ2v) is 3.95. The Morgan fingerprint density at radius 1 is 1.37 bits per heavy atom. The fourth-order valence-corrected chi connectivity index (χ4v) is 1.72. The van der Waals surface area contributed by atoms with Crippen LogP contribution in [0, 0.1) is 0 Å². The highest BCUT2D eigenvalue weighted by Crippen LogP contribution is 2.32. The van der Waals surface area contributed by atoms with Crippen molar-refractivity contribution in [2.45, 2.75) is 12.3 Å². The average molecular weight is 273 g/mol. The molecule has 0 aliphatic rings. The zero-order valence-electron chi connectivity index (χ0n) is 9.78. The standard InChI is InChI=1S/C12H10F3NO3/c1-19-11(18)10(17)9-5-6-4-7(12(13,14)15)2-3-8(6)16-9/h2-5,10,16-17H,1H3. The fraction of sp³-hybridized carbons (Fsp3) is 0.250. The van der Waals surface area contributed by atoms with Gasteiger partial charge in [0.05, 0.1) is 18.4 Å². The number of alkyl halides is 3. The number of esters is 1. The molecule has 2 aromatic rings. The van der Waals surface area contributed by atoms with Gasteiger partial charge in [0.15, 0.2) is 6.10 Å². The lowest BCUT2D eigenvalue weighted by Crippen LogP contribution is -2.13. The van der Waals surface area contributed by atoms with Gasteiger partial charge >= 0.3 is 12.1 Å². The van der Waals surface area contributed by atoms with Crippen molar-refractivity contribution >= 4 is 16.9 Å². The Labute approximate surface area is 105 Å². The van der Waals surface area contributed by atoms with Crippen molar-refractivity contribution in [3.05, 3.63) is 35.5 Å². The van der Waals surface area contributed by atoms with Gasteiger partial charge in [-0.3, -0.25) is 0 Å². The SMILES string of the molecule is COC(=O)C(O)c1cc2cc(C(F)(F)F)ccc2[nH]1. The quantitative estimate of drug-likeness (QED) is 0.826. The van der Waals surface area contributed by atoms with Crippen molar-refractivity contribution in [2.24, 2.45) is 0 Å². The molecule has 1 atom stereocenters. The smallest absolute Gasteiger partial charge is 0.416 e. The van der Waals surface area contributed by atoms with E-state index in [2.05, 4.69) is 9.72 Å². The molecule has 1 heterocycles. The van der Waals surface area contributed by atoms with E-state index in [1.165, 1.54) is 12.1 Å². The highest BCUT2D eigenvalue weighted by molar-refractivity contribution is 5.84. The first-order valence-electron chi connectivity index (χ1n) is 5.28. The third-order valence-corrected chi connectivity index (χ3v) is 2.69. The van der Waals surface area contributed by atoms with E-state index in [0.717, 1.165) is 19.2 Å². The maximum atomic E-state index is 12.5. The molecule has 102 valence electrons. The van der Waals surface area contributed by atoms with Crippen molar-refractivity contribution in [3.63, 3.8) is 0 Å². The predicted molar refractivity (Wildman–Crippen MR) is 60.3 cm³/mol. The lowest BCUT2D eigenvalue weighted by Gasteiger charge is -2.05. The summed E-state index contributed by atoms with van der Waals surface area (Å²) < 4.78 is 41.9. The number of hydrogen-bond donors (Lipinski definition) is 2. The summed E-state index contributed by atoms with van der Waals surface area (Å²) >= 11 is 0. The van der Waals surface area contributed by atoms with Gasteiger partial charge in [0, 0.05) is 10.9 Å². The third-order valence-electron chi connectivity index (χ3n) is 2.69. The lowest BCUT2D eigenvalue weighted by atomic mass is 10.1. The first-order valence-corrected chi connectivity index (χ1v) is 5.28. The zero-order valence-corrected chi connectivity index (χ0v) is 9.78. The number of H-pyrrole nitrogens is 1. The predicted octanol–water partition coefficient (Wildman–Crippen LogP) is 2.39. The van der Waals surface area contributed by atoms with Crippen molar-refractivity contribution < 1.29 is 27.8 Å². The van der Waals surface area contributed by atoms with E-state index < -0.39 is 23.8 Å². The van der Waals surface area contributed by atoms with E-state index in [-0.39, 0.29) is 11.1 Å². The van der Waals surface area contributed by atoms with Crippen LogP contribution < -0.4 is 0 Å². The summed E-state index contributed by atoms with van der Waals surface area (Å²) in [5, 5.41) is 9.85. The number of halogens is 3. The molecule has 7 heteroatoms. The van der Waals surface area contributed by atoms with Crippen LogP contribution in [-0.4, -0.2) is 23.2 Å². The van der Waals surface area contributed by atoms with Crippen LogP contribution in [0.1, 0.15) is 17.4 Å². The highest BCUT2D eigenvalue weighted by atomic mass is 19.4. The molecule has 0 bridgehead atoms. The van der Waals surface area contributed by atoms with Crippen LogP contribution in [0.2, 0.25) is 0 Å². The number of fused-ring (bicyclic) bond motifs is 1. The van der Waals surface area contributed by atoms with Crippen LogP contribution in [-0.2, 0) is 15.7 Å². The molecule has 1 aromatic heterocycles. The molecule has 0 amide bonds. The minimum Gasteiger partial charge on any atom is -0.467 e. The lowest BCUT2D eigenvalue weighted by molar-refractivity contribution is -0.150. The first-order chi connectivity index (χ1) is 8.82. The van der Waals surface area contributed by atoms with Crippen LogP contribution >= 0.6 is 0 Å². The van der Waals surface area contributed by atoms with Crippen LogP contribution in [0.15, 0.2) is 24.3 Å². The molecule has 0 spiro atoms. The fourth-order valence-electron chi connectivity index (χ4n) is 1.72. The van der Waals surface area contributed by atoms with Gasteiger partial charge < -0.3 is 14.8 Å². The Bertz CT molecular complexity index is 618. The molecule has 0 saturated heterocycles. The number of nitrogens with one attached hydrogen (secondary N) is 1. The van der Waals surface area contributed by atoms with Gasteiger partial charge in [-0.15, -0.1) is 0 Å². The molecule has 2 rings (SSSR count). The Kier molecular flexibility index (Phi) is 3.23. The van der Waals surface area contributed by atoms with Crippen molar-refractivity contribution in [2.75, 3.05) is 7.11 Å². The number of methoxy groups -OCH3 is 1. The summed E-state index contributed by atoms with van der Waals surface area (Å²) in [5.74, 6) is -0.886. The van der Waals surface area contributed by atoms with Crippen molar-refractivity contribution in [3.8, 4) is 0 Å². The maximum Gasteiger partial charge on any atom is 0.416 e. The Hall–Kier alpha value is -2.02. The van der Waals surface area contributed by atoms with E-state index in [9.17, 15) is 23.1 Å². The Morgan fingerprint density at radius 2 is 2.05 bits per heavy atom. The van der Waals surface area contributed by atoms with Crippen molar-refractivity contribution in [1.82, 2.24) is 4.98 Å². The van der Waals surface area contributed by atoms with Gasteiger partial charge in [0.1, 0.15) is 0 Å². The molecule has 0 aliphatic carbocycles. The number of aliphatic hydroxyl groups is 1. The molecule has 0 saturated carbocycles. The van der Waals surface area contributed by atoms with E-state index in [0.29, 0.717) is 5.52 Å². The highest BCUT2D eigenvalue weighted by Gasteiger charge is 2.30. The molecular formula is C12H10F3NO3. The molecule has 19 heavy (non-hydrogen) atoms. The Balaban J connectivity index is 2.44. The average Bonchev–Trinajstić information content (AvgIpc) is 2.78. The minimum atomic E-state index is -4.44. The van der Waals surface area contributed by atoms with E-state index in [1.807, 2.05) is 0 Å². The zero-order chi connectivity index (χ0) is 14.2. The second kappa shape index (κ2) is 4.58. The number of aliphatic hydroxyl groups excluding tert-OH is 1. The van der Waals surface area contributed by atoms with E-state index >= 15 is 0 Å². The largest absolute Gasteiger partial charge is 0.467 e. The van der Waals surface area contributed by atoms with Crippen LogP contribution in [0.25, 0.3) is 10.9 Å². The molecule has 0 aliphatic heterocycles. The van der Waals surface area contributed by atoms with Crippen LogP contribution in [0.3, 0.4) is 0 Å². The molecular weight excluding hydrogens is 263 g/mol. The summed E-state index contributed by atoms with van der Waals surface area (Å²) in [6.07, 6.45) is -5.99. The van der Waals surface area contributed by atoms with Gasteiger partial charge in [-0.25, -0.2) is 4.79 Å². The van der Waals surface area contributed by atoms with Crippen LogP contribution in [0.5, 0.6) is 0 Å². The summed E-state index contributed by atoms with van der Waals surface area (Å²) in [5.41, 5.74) is -0.315. The topological polar surface area (TPSA) is 62.3 Å². The number of aromatic amines is 1. The van der Waals surface area contributed by atoms with Gasteiger partial charge in [-0.2, -0.15) is 13.2 Å². The molecule has 0 fully saturated rings. The monoisotopic (exact) mass is 273 g/mol. The van der Waals surface area contributed by atoms with E-state index in [1.54, 1.807) is 0 Å². The van der Waals surface area contributed by atoms with E-state index in [4.69, 9.17) is 0 Å². The number of carbonyl (C=O) groups is 1. The number of hydrogen-bond acceptors (Lipinski definition) is 3. The van der Waals surface area contributed by atoms with Gasteiger partial charge in [0.2, 0.25) is 0 Å². The number of benzene rings is 1. The number of ether oxygens (including phenoxy) is 1. The maximum absolute atomic E-state index is 12.5. The third kappa shape index (κ3) is 2.55. The number of carbonyl (C=O) groups excluding carboxylic acids is 1. The number of rotatable bonds is 2. The van der Waals surface area contributed by atoms with Gasteiger partial charge in [-0.05, 0) is 24.3 Å².